The molecule has 0 aliphatic carbocycles. The molecule has 2 bridgehead atoms. The van der Waals surface area contributed by atoms with Crippen LogP contribution in [-0.4, -0.2) is 90.6 Å². The van der Waals surface area contributed by atoms with E-state index in [9.17, 15) is 19.5 Å². The van der Waals surface area contributed by atoms with E-state index in [4.69, 9.17) is 4.74 Å². The molecule has 2 aromatic carbocycles. The molecule has 4 heterocycles. The zero-order valence-electron chi connectivity index (χ0n) is 25.8. The highest BCUT2D eigenvalue weighted by Crippen LogP contribution is 2.64. The van der Waals surface area contributed by atoms with Gasteiger partial charge in [-0.1, -0.05) is 54.6 Å². The first-order valence-electron chi connectivity index (χ1n) is 15.5. The van der Waals surface area contributed by atoms with Crippen molar-refractivity contribution in [2.75, 3.05) is 24.6 Å². The van der Waals surface area contributed by atoms with Gasteiger partial charge in [-0.15, -0.1) is 18.3 Å². The molecule has 1 aromatic heterocycles. The average molecular weight is 613 g/mol. The minimum atomic E-state index is -1.24. The van der Waals surface area contributed by atoms with Crippen molar-refractivity contribution in [3.05, 3.63) is 79.9 Å². The summed E-state index contributed by atoms with van der Waals surface area (Å²) in [6, 6.07) is 15.1. The van der Waals surface area contributed by atoms with Gasteiger partial charge in [0.15, 0.2) is 0 Å². The molecule has 45 heavy (non-hydrogen) atoms. The Kier molecular flexibility index (Phi) is 8.09. The number of hydrogen-bond donors (Lipinski definition) is 1. The molecule has 1 spiro atoms. The molecule has 236 valence electrons. The number of aliphatic hydroxyl groups excluding tert-OH is 1. The molecule has 3 amide bonds. The van der Waals surface area contributed by atoms with Crippen molar-refractivity contribution >= 4 is 34.4 Å². The third-order valence-electron chi connectivity index (χ3n) is 9.82. The highest BCUT2D eigenvalue weighted by atomic mass is 16.5. The zero-order chi connectivity index (χ0) is 31.9. The third-order valence-corrected chi connectivity index (χ3v) is 9.82. The molecule has 3 aliphatic heterocycles. The number of amides is 3. The normalized spacial score (nSPS) is 27.4. The smallest absolute Gasteiger partial charge is 0.250 e. The number of likely N-dealkylation sites (tertiary alicyclic amines) is 1. The van der Waals surface area contributed by atoms with Crippen LogP contribution >= 0.6 is 0 Å². The van der Waals surface area contributed by atoms with Gasteiger partial charge in [-0.2, -0.15) is 0 Å². The van der Waals surface area contributed by atoms with Crippen molar-refractivity contribution in [1.82, 2.24) is 24.8 Å². The van der Waals surface area contributed by atoms with Crippen molar-refractivity contribution < 1.29 is 24.2 Å². The summed E-state index contributed by atoms with van der Waals surface area (Å²) in [4.78, 5) is 48.7. The predicted molar refractivity (Wildman–Crippen MR) is 169 cm³/mol. The number of fused-ring (bicyclic) bond motifs is 2. The number of para-hydroxylation sites is 2. The van der Waals surface area contributed by atoms with Crippen molar-refractivity contribution in [1.29, 1.82) is 0 Å². The minimum Gasteiger partial charge on any atom is -0.394 e. The molecule has 3 aromatic rings. The lowest BCUT2D eigenvalue weighted by atomic mass is 9.66. The molecule has 3 saturated heterocycles. The Morgan fingerprint density at radius 3 is 2.49 bits per heavy atom. The number of ether oxygens (including phenoxy) is 1. The quantitative estimate of drug-likeness (QED) is 0.312. The molecular weight excluding hydrogens is 572 g/mol. The van der Waals surface area contributed by atoms with E-state index in [1.165, 1.54) is 4.90 Å². The molecule has 1 N–H and O–H groups in total. The van der Waals surface area contributed by atoms with Crippen molar-refractivity contribution in [2.45, 2.75) is 63.1 Å². The predicted octanol–water partition coefficient (Wildman–Crippen LogP) is 3.16. The van der Waals surface area contributed by atoms with Gasteiger partial charge in [0.25, 0.3) is 0 Å². The molecule has 6 rings (SSSR count). The van der Waals surface area contributed by atoms with Gasteiger partial charge in [-0.3, -0.25) is 14.4 Å². The number of aliphatic hydroxyl groups is 1. The van der Waals surface area contributed by atoms with Crippen LogP contribution in [0.2, 0.25) is 0 Å². The Morgan fingerprint density at radius 1 is 1.09 bits per heavy atom. The van der Waals surface area contributed by atoms with Gasteiger partial charge in [0.2, 0.25) is 17.7 Å². The van der Waals surface area contributed by atoms with Gasteiger partial charge in [-0.05, 0) is 50.5 Å². The highest BCUT2D eigenvalue weighted by molar-refractivity contribution is 6.03. The van der Waals surface area contributed by atoms with Crippen molar-refractivity contribution in [2.24, 2.45) is 11.8 Å². The van der Waals surface area contributed by atoms with E-state index in [-0.39, 0.29) is 44.1 Å². The van der Waals surface area contributed by atoms with Gasteiger partial charge >= 0.3 is 0 Å². The summed E-state index contributed by atoms with van der Waals surface area (Å²) < 4.78 is 8.49. The third kappa shape index (κ3) is 4.76. The number of rotatable bonds is 12. The van der Waals surface area contributed by atoms with E-state index in [0.29, 0.717) is 30.5 Å². The van der Waals surface area contributed by atoms with Crippen LogP contribution in [0.15, 0.2) is 79.9 Å². The molecule has 0 saturated carbocycles. The van der Waals surface area contributed by atoms with E-state index in [0.717, 1.165) is 5.52 Å². The van der Waals surface area contributed by atoms with Crippen LogP contribution in [0.1, 0.15) is 33.1 Å². The van der Waals surface area contributed by atoms with E-state index in [1.807, 2.05) is 68.4 Å². The number of carbonyl (C=O) groups excluding carboxylic acids is 3. The van der Waals surface area contributed by atoms with Gasteiger partial charge in [0.1, 0.15) is 23.8 Å². The van der Waals surface area contributed by atoms with Crippen LogP contribution in [-0.2, 0) is 25.8 Å². The molecule has 0 radical (unpaired) electrons. The Balaban J connectivity index is 1.42. The zero-order valence-corrected chi connectivity index (χ0v) is 25.8. The lowest BCUT2D eigenvalue weighted by Crippen LogP contribution is -2.59. The summed E-state index contributed by atoms with van der Waals surface area (Å²) in [7, 11) is 0. The molecule has 2 unspecified atom stereocenters. The Hall–Kier alpha value is -4.35. The molecule has 6 atom stereocenters. The minimum absolute atomic E-state index is 0.0707. The fourth-order valence-corrected chi connectivity index (χ4v) is 7.78. The molecule has 11 nitrogen and oxygen atoms in total. The van der Waals surface area contributed by atoms with Crippen molar-refractivity contribution in [3.8, 4) is 0 Å². The average Bonchev–Trinajstić information content (AvgIpc) is 3.76. The summed E-state index contributed by atoms with van der Waals surface area (Å²) in [5.74, 6) is -2.66. The van der Waals surface area contributed by atoms with Crippen LogP contribution in [0.4, 0.5) is 5.69 Å². The number of carbonyl (C=O) groups is 3. The summed E-state index contributed by atoms with van der Waals surface area (Å²) in [5.41, 5.74) is -0.0529. The second kappa shape index (κ2) is 11.9. The number of hydrogen-bond acceptors (Lipinski definition) is 7. The van der Waals surface area contributed by atoms with Crippen LogP contribution < -0.4 is 4.90 Å². The largest absolute Gasteiger partial charge is 0.394 e. The lowest BCUT2D eigenvalue weighted by Gasteiger charge is -2.39. The van der Waals surface area contributed by atoms with Crippen LogP contribution in [0.5, 0.6) is 0 Å². The van der Waals surface area contributed by atoms with E-state index < -0.39 is 35.1 Å². The Labute approximate surface area is 262 Å². The summed E-state index contributed by atoms with van der Waals surface area (Å²) in [5, 5.41) is 19.0. The van der Waals surface area contributed by atoms with Gasteiger partial charge < -0.3 is 24.5 Å². The number of anilines is 1. The van der Waals surface area contributed by atoms with Crippen molar-refractivity contribution in [3.63, 3.8) is 0 Å². The molecule has 3 aliphatic rings. The maximum atomic E-state index is 14.8. The second-order valence-corrected chi connectivity index (χ2v) is 12.4. The summed E-state index contributed by atoms with van der Waals surface area (Å²) in [6.45, 7) is 11.7. The topological polar surface area (TPSA) is 121 Å². The highest BCUT2D eigenvalue weighted by Gasteiger charge is 2.78. The fourth-order valence-electron chi connectivity index (χ4n) is 7.78. The van der Waals surface area contributed by atoms with Crippen LogP contribution in [0.25, 0.3) is 11.0 Å². The second-order valence-electron chi connectivity index (χ2n) is 12.4. The SMILES string of the molecule is C=CCN(Cn1nnc2ccccc21)C(=O)C1N([C@@H](CC)CO)C(=O)[C@@H]2[C@@H](C(=O)N(CC=C)c3ccccc3)[C@@]3(C)CCC12O3. The number of nitrogens with zero attached hydrogens (tertiary/aromatic N) is 6. The van der Waals surface area contributed by atoms with E-state index in [1.54, 1.807) is 26.6 Å². The first kappa shape index (κ1) is 30.7. The lowest BCUT2D eigenvalue weighted by molar-refractivity contribution is -0.155. The van der Waals surface area contributed by atoms with Crippen LogP contribution in [0, 0.1) is 11.8 Å². The maximum Gasteiger partial charge on any atom is 0.250 e. The first-order valence-corrected chi connectivity index (χ1v) is 15.5. The summed E-state index contributed by atoms with van der Waals surface area (Å²) in [6.07, 6.45) is 4.65. The molecule has 11 heteroatoms. The molecule has 3 fully saturated rings. The Morgan fingerprint density at radius 2 is 1.80 bits per heavy atom. The monoisotopic (exact) mass is 612 g/mol. The summed E-state index contributed by atoms with van der Waals surface area (Å²) >= 11 is 0. The van der Waals surface area contributed by atoms with Gasteiger partial charge in [0.05, 0.1) is 35.6 Å². The molecular formula is C34H40N6O5. The van der Waals surface area contributed by atoms with Gasteiger partial charge in [-0.25, -0.2) is 4.68 Å². The number of aromatic nitrogens is 3. The first-order chi connectivity index (χ1) is 21.7. The van der Waals surface area contributed by atoms with Gasteiger partial charge in [0, 0.05) is 18.8 Å². The maximum absolute atomic E-state index is 14.8. The van der Waals surface area contributed by atoms with E-state index in [2.05, 4.69) is 23.5 Å². The fraction of sp³-hybridized carbons (Fsp3) is 0.441. The van der Waals surface area contributed by atoms with E-state index >= 15 is 0 Å². The number of benzene rings is 2. The standard InChI is InChI=1S/C34H40N6O5/c1-5-19-37(22-39-26-16-12-11-15-25(26)35-36-39)32(44)29-34-18-17-33(4,45-34)27(28(34)31(43)40(29)23(7-3)21-41)30(42)38(20-6-2)24-13-9-8-10-14-24/h5-6,8-16,23,27-29,41H,1-2,7,17-22H2,3-4H3/t23-,27-,28-,29?,33+,34?/m0/s1. The Bertz CT molecular complexity index is 1620. The van der Waals surface area contributed by atoms with Crippen LogP contribution in [0.3, 0.4) is 0 Å².